The average Bonchev–Trinajstić information content (AvgIpc) is 3.10. The molecule has 0 aliphatic carbocycles. The van der Waals surface area contributed by atoms with E-state index in [1.165, 1.54) is 78.4 Å². The van der Waals surface area contributed by atoms with Gasteiger partial charge in [0, 0.05) is 24.4 Å². The van der Waals surface area contributed by atoms with Gasteiger partial charge in [-0.2, -0.15) is 0 Å². The molecule has 2 rings (SSSR count). The predicted molar refractivity (Wildman–Crippen MR) is 209 cm³/mol. The van der Waals surface area contributed by atoms with Crippen molar-refractivity contribution in [2.45, 2.75) is 136 Å². The molecule has 0 radical (unpaired) electrons. The Kier molecular flexibility index (Phi) is 20.8. The third kappa shape index (κ3) is 15.1. The summed E-state index contributed by atoms with van der Waals surface area (Å²) >= 11 is 0. The zero-order valence-electron chi connectivity index (χ0n) is 32.5. The molecule has 0 saturated heterocycles. The van der Waals surface area contributed by atoms with E-state index in [0.29, 0.717) is 29.5 Å². The lowest BCUT2D eigenvalue weighted by Crippen LogP contribution is -2.41. The summed E-state index contributed by atoms with van der Waals surface area (Å²) in [5.41, 5.74) is 3.40. The maximum Gasteiger partial charge on any atom is 0.322 e. The van der Waals surface area contributed by atoms with E-state index in [1.807, 2.05) is 6.07 Å². The van der Waals surface area contributed by atoms with E-state index in [4.69, 9.17) is 14.2 Å². The number of unbranched alkanes of at least 4 members (excludes halogenated alkanes) is 12. The molecule has 2 N–H and O–H groups in total. The van der Waals surface area contributed by atoms with Gasteiger partial charge in [-0.25, -0.2) is 4.79 Å². The van der Waals surface area contributed by atoms with Crippen LogP contribution in [0.3, 0.4) is 0 Å². The minimum Gasteiger partial charge on any atom is -0.496 e. The topological polar surface area (TPSA) is 89.1 Å². The molecule has 280 valence electrons. The Morgan fingerprint density at radius 3 is 1.66 bits per heavy atom. The van der Waals surface area contributed by atoms with Crippen molar-refractivity contribution in [2.75, 3.05) is 45.1 Å². The second-order valence-electron chi connectivity index (χ2n) is 13.9. The number of carbonyl (C=O) groups is 2. The first-order valence-electron chi connectivity index (χ1n) is 19.1. The van der Waals surface area contributed by atoms with Gasteiger partial charge in [0.2, 0.25) is 5.91 Å². The van der Waals surface area contributed by atoms with E-state index in [1.54, 1.807) is 24.1 Å². The molecule has 0 heterocycles. The molecule has 2 aromatic rings. The first kappa shape index (κ1) is 42.5. The highest BCUT2D eigenvalue weighted by atomic mass is 16.5. The molecular weight excluding hydrogens is 626 g/mol. The number of rotatable bonds is 25. The lowest BCUT2D eigenvalue weighted by molar-refractivity contribution is -0.116. The van der Waals surface area contributed by atoms with Crippen LogP contribution in [0, 0.1) is 0 Å². The van der Waals surface area contributed by atoms with Crippen molar-refractivity contribution in [3.05, 3.63) is 53.6 Å². The number of methoxy groups -OCH3 is 3. The summed E-state index contributed by atoms with van der Waals surface area (Å²) in [5, 5.41) is 6.14. The van der Waals surface area contributed by atoms with Crippen LogP contribution < -0.4 is 24.8 Å². The van der Waals surface area contributed by atoms with Crippen LogP contribution in [0.2, 0.25) is 0 Å². The Labute approximate surface area is 303 Å². The zero-order valence-corrected chi connectivity index (χ0v) is 32.5. The van der Waals surface area contributed by atoms with E-state index in [2.05, 4.69) is 69.5 Å². The quantitative estimate of drug-likeness (QED) is 0.0798. The largest absolute Gasteiger partial charge is 0.496 e. The summed E-state index contributed by atoms with van der Waals surface area (Å²) in [4.78, 5) is 29.1. The van der Waals surface area contributed by atoms with Gasteiger partial charge >= 0.3 is 6.03 Å². The fourth-order valence-corrected chi connectivity index (χ4v) is 6.17. The summed E-state index contributed by atoms with van der Waals surface area (Å²) in [6, 6.07) is 9.27. The van der Waals surface area contributed by atoms with Gasteiger partial charge in [-0.1, -0.05) is 123 Å². The van der Waals surface area contributed by atoms with Crippen LogP contribution in [0.15, 0.2) is 42.5 Å². The highest BCUT2D eigenvalue weighted by Gasteiger charge is 2.23. The SMILES string of the molecule is CCCCCCCC/C=C\CCCCCCCCN(CC(=O)Nc1c(OC)cc(OC)cc1OC)C(=O)Nc1c(C(C)C)cccc1C(C)C. The smallest absolute Gasteiger partial charge is 0.322 e. The lowest BCUT2D eigenvalue weighted by atomic mass is 9.93. The highest BCUT2D eigenvalue weighted by Crippen LogP contribution is 2.39. The molecule has 0 saturated carbocycles. The fraction of sp³-hybridized carbons (Fsp3) is 0.619. The van der Waals surface area contributed by atoms with E-state index in [-0.39, 0.29) is 30.3 Å². The van der Waals surface area contributed by atoms with Crippen LogP contribution in [0.25, 0.3) is 0 Å². The minimum absolute atomic E-state index is 0.115. The number of benzene rings is 2. The molecule has 0 bridgehead atoms. The molecule has 3 amide bonds. The number of para-hydroxylation sites is 1. The zero-order chi connectivity index (χ0) is 36.7. The molecule has 2 aromatic carbocycles. The number of anilines is 2. The summed E-state index contributed by atoms with van der Waals surface area (Å²) in [6.45, 7) is 11.1. The van der Waals surface area contributed by atoms with Gasteiger partial charge in [-0.3, -0.25) is 4.79 Å². The van der Waals surface area contributed by atoms with Gasteiger partial charge in [-0.05, 0) is 55.1 Å². The number of urea groups is 1. The van der Waals surface area contributed by atoms with E-state index in [9.17, 15) is 9.59 Å². The Morgan fingerprint density at radius 1 is 0.680 bits per heavy atom. The standard InChI is InChI=1S/C42H67N3O5/c1-9-10-11-12-13-14-15-16-17-18-19-20-21-22-23-24-28-45(42(47)44-40-35(32(2)3)26-25-27-36(40)33(4)5)31-39(46)43-41-37(49-7)29-34(48-6)30-38(41)50-8/h16-17,25-27,29-30,32-33H,9-15,18-24,28,31H2,1-8H3,(H,43,46)(H,44,47)/b17-16-. The van der Waals surface area contributed by atoms with Crippen molar-refractivity contribution in [1.29, 1.82) is 0 Å². The monoisotopic (exact) mass is 694 g/mol. The molecule has 8 heteroatoms. The van der Waals surface area contributed by atoms with Crippen LogP contribution in [-0.2, 0) is 4.79 Å². The van der Waals surface area contributed by atoms with Crippen LogP contribution in [0.5, 0.6) is 17.2 Å². The van der Waals surface area contributed by atoms with E-state index < -0.39 is 0 Å². The van der Waals surface area contributed by atoms with Crippen molar-refractivity contribution < 1.29 is 23.8 Å². The second kappa shape index (κ2) is 24.5. The van der Waals surface area contributed by atoms with Crippen molar-refractivity contribution in [1.82, 2.24) is 4.90 Å². The second-order valence-corrected chi connectivity index (χ2v) is 13.9. The van der Waals surface area contributed by atoms with Crippen LogP contribution in [0.4, 0.5) is 16.2 Å². The summed E-state index contributed by atoms with van der Waals surface area (Å²) in [5.74, 6) is 1.48. The van der Waals surface area contributed by atoms with E-state index >= 15 is 0 Å². The van der Waals surface area contributed by atoms with Crippen molar-refractivity contribution in [3.8, 4) is 17.2 Å². The fourth-order valence-electron chi connectivity index (χ4n) is 6.17. The van der Waals surface area contributed by atoms with Crippen LogP contribution in [-0.4, -0.2) is 51.3 Å². The summed E-state index contributed by atoms with van der Waals surface area (Å²) < 4.78 is 16.4. The minimum atomic E-state index is -0.340. The normalized spacial score (nSPS) is 11.3. The molecule has 0 spiro atoms. The van der Waals surface area contributed by atoms with Crippen LogP contribution >= 0.6 is 0 Å². The van der Waals surface area contributed by atoms with Crippen molar-refractivity contribution in [2.24, 2.45) is 0 Å². The number of amides is 3. The van der Waals surface area contributed by atoms with Gasteiger partial charge in [0.25, 0.3) is 0 Å². The number of hydrogen-bond donors (Lipinski definition) is 2. The Hall–Kier alpha value is -3.68. The Balaban J connectivity index is 2.01. The van der Waals surface area contributed by atoms with Gasteiger partial charge in [-0.15, -0.1) is 0 Å². The molecule has 0 aliphatic rings. The predicted octanol–water partition coefficient (Wildman–Crippen LogP) is 11.5. The number of nitrogens with one attached hydrogen (secondary N) is 2. The van der Waals surface area contributed by atoms with E-state index in [0.717, 1.165) is 42.5 Å². The van der Waals surface area contributed by atoms with Gasteiger partial charge in [0.1, 0.15) is 29.5 Å². The number of ether oxygens (including phenoxy) is 3. The molecule has 0 atom stereocenters. The number of allylic oxidation sites excluding steroid dienone is 2. The van der Waals surface area contributed by atoms with Gasteiger partial charge in [0.15, 0.2) is 0 Å². The summed E-state index contributed by atoms with van der Waals surface area (Å²) in [6.07, 6.45) is 21.7. The molecule has 50 heavy (non-hydrogen) atoms. The third-order valence-electron chi connectivity index (χ3n) is 9.15. The number of hydrogen-bond acceptors (Lipinski definition) is 5. The first-order valence-corrected chi connectivity index (χ1v) is 19.1. The molecule has 0 aliphatic heterocycles. The summed E-state index contributed by atoms with van der Waals surface area (Å²) in [7, 11) is 4.60. The Bertz CT molecular complexity index is 1260. The molecular formula is C42H67N3O5. The first-order chi connectivity index (χ1) is 24.2. The van der Waals surface area contributed by atoms with Gasteiger partial charge < -0.3 is 29.7 Å². The lowest BCUT2D eigenvalue weighted by Gasteiger charge is -2.26. The number of nitrogens with zero attached hydrogens (tertiary/aromatic N) is 1. The third-order valence-corrected chi connectivity index (χ3v) is 9.15. The molecule has 0 fully saturated rings. The van der Waals surface area contributed by atoms with Gasteiger partial charge in [0.05, 0.1) is 21.3 Å². The molecule has 0 aromatic heterocycles. The van der Waals surface area contributed by atoms with Crippen LogP contribution in [0.1, 0.15) is 147 Å². The highest BCUT2D eigenvalue weighted by molar-refractivity contribution is 5.99. The van der Waals surface area contributed by atoms with Crippen molar-refractivity contribution in [3.63, 3.8) is 0 Å². The number of carbonyl (C=O) groups excluding carboxylic acids is 2. The Morgan fingerprint density at radius 2 is 1.18 bits per heavy atom. The molecule has 0 unspecified atom stereocenters. The average molecular weight is 694 g/mol. The maximum atomic E-state index is 13.9. The molecule has 8 nitrogen and oxygen atoms in total. The van der Waals surface area contributed by atoms with Crippen molar-refractivity contribution >= 4 is 23.3 Å². The maximum absolute atomic E-state index is 13.9.